The summed E-state index contributed by atoms with van der Waals surface area (Å²) in [5.41, 5.74) is -0.212. The molecule has 1 atom stereocenters. The first-order chi connectivity index (χ1) is 9.47. The molecule has 0 radical (unpaired) electrons. The van der Waals surface area contributed by atoms with Crippen LogP contribution in [0.25, 0.3) is 0 Å². The van der Waals surface area contributed by atoms with E-state index in [0.29, 0.717) is 13.0 Å². The first kappa shape index (κ1) is 15.8. The fourth-order valence-electron chi connectivity index (χ4n) is 3.83. The van der Waals surface area contributed by atoms with Crippen LogP contribution in [0.4, 0.5) is 0 Å². The molecule has 4 nitrogen and oxygen atoms in total. The smallest absolute Gasteiger partial charge is 0.307 e. The number of rotatable bonds is 4. The van der Waals surface area contributed by atoms with Gasteiger partial charge in [0.05, 0.1) is 18.6 Å². The summed E-state index contributed by atoms with van der Waals surface area (Å²) in [6, 6.07) is 0. The predicted octanol–water partition coefficient (Wildman–Crippen LogP) is 2.75. The lowest BCUT2D eigenvalue weighted by Gasteiger charge is -2.52. The minimum atomic E-state index is -0.151. The van der Waals surface area contributed by atoms with Crippen molar-refractivity contribution in [2.45, 2.75) is 70.4 Å². The average Bonchev–Trinajstić information content (AvgIpc) is 2.38. The molecule has 0 aromatic heterocycles. The molecule has 2 fully saturated rings. The van der Waals surface area contributed by atoms with E-state index in [9.17, 15) is 4.79 Å². The van der Waals surface area contributed by atoms with Crippen LogP contribution < -0.4 is 0 Å². The number of nitrogens with zero attached hydrogens (tertiary/aromatic N) is 1. The van der Waals surface area contributed by atoms with Crippen LogP contribution in [0.1, 0.15) is 59.3 Å². The Balaban J connectivity index is 2.15. The van der Waals surface area contributed by atoms with Gasteiger partial charge in [0, 0.05) is 12.1 Å². The lowest BCUT2D eigenvalue weighted by atomic mass is 9.76. The number of ether oxygens (including phenoxy) is 2. The molecule has 0 amide bonds. The average molecular weight is 283 g/mol. The van der Waals surface area contributed by atoms with Gasteiger partial charge in [-0.25, -0.2) is 0 Å². The van der Waals surface area contributed by atoms with Crippen molar-refractivity contribution in [3.05, 3.63) is 0 Å². The van der Waals surface area contributed by atoms with Gasteiger partial charge in [0.25, 0.3) is 0 Å². The summed E-state index contributed by atoms with van der Waals surface area (Å²) in [6.07, 6.45) is 6.16. The Labute approximate surface area is 122 Å². The largest absolute Gasteiger partial charge is 0.466 e. The Morgan fingerprint density at radius 2 is 1.95 bits per heavy atom. The Morgan fingerprint density at radius 3 is 2.55 bits per heavy atom. The van der Waals surface area contributed by atoms with Crippen LogP contribution in [0.2, 0.25) is 0 Å². The second-order valence-corrected chi connectivity index (χ2v) is 6.79. The first-order valence-corrected chi connectivity index (χ1v) is 8.02. The fraction of sp³-hybridized carbons (Fsp3) is 0.938. The maximum Gasteiger partial charge on any atom is 0.307 e. The van der Waals surface area contributed by atoms with E-state index in [1.165, 1.54) is 19.3 Å². The zero-order chi connectivity index (χ0) is 14.6. The van der Waals surface area contributed by atoms with E-state index in [4.69, 9.17) is 9.47 Å². The second-order valence-electron chi connectivity index (χ2n) is 6.79. The molecule has 2 saturated heterocycles. The number of hydrogen-bond donors (Lipinski definition) is 0. The molecule has 2 rings (SSSR count). The first-order valence-electron chi connectivity index (χ1n) is 8.02. The van der Waals surface area contributed by atoms with Crippen LogP contribution in [-0.2, 0) is 14.3 Å². The van der Waals surface area contributed by atoms with Gasteiger partial charge in [-0.1, -0.05) is 6.42 Å². The maximum absolute atomic E-state index is 12.1. The Morgan fingerprint density at radius 1 is 1.25 bits per heavy atom. The summed E-state index contributed by atoms with van der Waals surface area (Å²) >= 11 is 0. The fourth-order valence-corrected chi connectivity index (χ4v) is 3.83. The van der Waals surface area contributed by atoms with Crippen LogP contribution in [0.3, 0.4) is 0 Å². The van der Waals surface area contributed by atoms with Crippen LogP contribution in [0, 0.1) is 0 Å². The molecule has 0 saturated carbocycles. The standard InChI is InChI=1S/C16H29NO3/c1-4-19-14(18)12-16(17-9-6-5-7-10-17)8-11-20-15(2,3)13-16/h4-13H2,1-3H3. The van der Waals surface area contributed by atoms with Gasteiger partial charge in [0.15, 0.2) is 0 Å². The molecule has 116 valence electrons. The van der Waals surface area contributed by atoms with Crippen molar-refractivity contribution in [1.29, 1.82) is 0 Å². The van der Waals surface area contributed by atoms with Gasteiger partial charge in [-0.15, -0.1) is 0 Å². The third-order valence-electron chi connectivity index (χ3n) is 4.62. The number of piperidine rings is 1. The highest BCUT2D eigenvalue weighted by atomic mass is 16.5. The van der Waals surface area contributed by atoms with E-state index in [2.05, 4.69) is 18.7 Å². The summed E-state index contributed by atoms with van der Waals surface area (Å²) in [5.74, 6) is -0.0595. The topological polar surface area (TPSA) is 38.8 Å². The molecule has 0 N–H and O–H groups in total. The Bertz CT molecular complexity index is 337. The highest BCUT2D eigenvalue weighted by Crippen LogP contribution is 2.40. The molecule has 0 aromatic rings. The summed E-state index contributed by atoms with van der Waals surface area (Å²) in [4.78, 5) is 14.6. The molecule has 1 unspecified atom stereocenters. The van der Waals surface area contributed by atoms with Crippen molar-refractivity contribution < 1.29 is 14.3 Å². The van der Waals surface area contributed by atoms with E-state index < -0.39 is 0 Å². The normalized spacial score (nSPS) is 30.9. The zero-order valence-electron chi connectivity index (χ0n) is 13.2. The van der Waals surface area contributed by atoms with E-state index in [-0.39, 0.29) is 17.1 Å². The number of hydrogen-bond acceptors (Lipinski definition) is 4. The van der Waals surface area contributed by atoms with Crippen molar-refractivity contribution in [3.63, 3.8) is 0 Å². The number of carbonyl (C=O) groups excluding carboxylic acids is 1. The molecule has 4 heteroatoms. The van der Waals surface area contributed by atoms with Crippen molar-refractivity contribution >= 4 is 5.97 Å². The summed E-state index contributed by atoms with van der Waals surface area (Å²) in [5, 5.41) is 0. The molecular weight excluding hydrogens is 254 g/mol. The molecule has 20 heavy (non-hydrogen) atoms. The predicted molar refractivity (Wildman–Crippen MR) is 78.7 cm³/mol. The molecule has 0 aliphatic carbocycles. The van der Waals surface area contributed by atoms with Gasteiger partial charge in [0.2, 0.25) is 0 Å². The van der Waals surface area contributed by atoms with Crippen molar-refractivity contribution in [2.75, 3.05) is 26.3 Å². The third-order valence-corrected chi connectivity index (χ3v) is 4.62. The van der Waals surface area contributed by atoms with Gasteiger partial charge in [0.1, 0.15) is 0 Å². The van der Waals surface area contributed by atoms with Crippen LogP contribution >= 0.6 is 0 Å². The zero-order valence-corrected chi connectivity index (χ0v) is 13.2. The summed E-state index contributed by atoms with van der Waals surface area (Å²) in [7, 11) is 0. The molecule has 2 aliphatic rings. The van der Waals surface area contributed by atoms with E-state index in [0.717, 1.165) is 32.5 Å². The highest BCUT2D eigenvalue weighted by molar-refractivity contribution is 5.71. The lowest BCUT2D eigenvalue weighted by Crippen LogP contribution is -2.59. The van der Waals surface area contributed by atoms with Crippen LogP contribution in [0.15, 0.2) is 0 Å². The lowest BCUT2D eigenvalue weighted by molar-refractivity contribution is -0.157. The second kappa shape index (κ2) is 6.44. The molecule has 0 bridgehead atoms. The third kappa shape index (κ3) is 3.73. The Hall–Kier alpha value is -0.610. The minimum absolute atomic E-state index is 0.0595. The van der Waals surface area contributed by atoms with Gasteiger partial charge in [-0.05, 0) is 59.5 Å². The monoisotopic (exact) mass is 283 g/mol. The number of carbonyl (C=O) groups is 1. The molecule has 2 heterocycles. The number of esters is 1. The van der Waals surface area contributed by atoms with Crippen LogP contribution in [-0.4, -0.2) is 48.3 Å². The molecular formula is C16H29NO3. The van der Waals surface area contributed by atoms with Gasteiger partial charge >= 0.3 is 5.97 Å². The molecule has 0 spiro atoms. The SMILES string of the molecule is CCOC(=O)CC1(N2CCCCC2)CCOC(C)(C)C1. The van der Waals surface area contributed by atoms with Crippen molar-refractivity contribution in [3.8, 4) is 0 Å². The molecule has 0 aromatic carbocycles. The Kier molecular flexibility index (Phi) is 5.08. The van der Waals surface area contributed by atoms with Gasteiger partial charge < -0.3 is 9.47 Å². The van der Waals surface area contributed by atoms with E-state index >= 15 is 0 Å². The van der Waals surface area contributed by atoms with E-state index in [1.807, 2.05) is 6.92 Å². The van der Waals surface area contributed by atoms with E-state index in [1.54, 1.807) is 0 Å². The summed E-state index contributed by atoms with van der Waals surface area (Å²) < 4.78 is 11.1. The number of likely N-dealkylation sites (tertiary alicyclic amines) is 1. The van der Waals surface area contributed by atoms with Gasteiger partial charge in [-0.3, -0.25) is 9.69 Å². The highest BCUT2D eigenvalue weighted by Gasteiger charge is 2.46. The van der Waals surface area contributed by atoms with Crippen molar-refractivity contribution in [1.82, 2.24) is 4.90 Å². The summed E-state index contributed by atoms with van der Waals surface area (Å²) in [6.45, 7) is 9.56. The quantitative estimate of drug-likeness (QED) is 0.744. The van der Waals surface area contributed by atoms with Gasteiger partial charge in [-0.2, -0.15) is 0 Å². The van der Waals surface area contributed by atoms with Crippen LogP contribution in [0.5, 0.6) is 0 Å². The minimum Gasteiger partial charge on any atom is -0.466 e. The van der Waals surface area contributed by atoms with Crippen molar-refractivity contribution in [2.24, 2.45) is 0 Å². The molecule has 2 aliphatic heterocycles. The maximum atomic E-state index is 12.1.